The zero-order valence-electron chi connectivity index (χ0n) is 18.0. The second-order valence-corrected chi connectivity index (χ2v) is 8.48. The molecule has 0 saturated heterocycles. The van der Waals surface area contributed by atoms with Gasteiger partial charge in [-0.1, -0.05) is 18.2 Å². The summed E-state index contributed by atoms with van der Waals surface area (Å²) in [5.74, 6) is 0.385. The van der Waals surface area contributed by atoms with Crippen molar-refractivity contribution in [3.05, 3.63) is 71.7 Å². The van der Waals surface area contributed by atoms with E-state index in [-0.39, 0.29) is 6.04 Å². The van der Waals surface area contributed by atoms with E-state index in [1.54, 1.807) is 17.6 Å². The van der Waals surface area contributed by atoms with E-state index in [1.807, 2.05) is 6.07 Å². The maximum absolute atomic E-state index is 13.8. The fraction of sp³-hybridized carbons (Fsp3) is 0.250. The van der Waals surface area contributed by atoms with Crippen molar-refractivity contribution in [1.29, 1.82) is 0 Å². The first-order valence-electron chi connectivity index (χ1n) is 11.0. The lowest BCUT2D eigenvalue weighted by molar-refractivity contribution is 0.192. The molecule has 0 fully saturated rings. The van der Waals surface area contributed by atoms with Gasteiger partial charge >= 0.3 is 0 Å². The number of pyridine rings is 1. The quantitative estimate of drug-likeness (QED) is 0.390. The Morgan fingerprint density at radius 2 is 2.12 bits per heavy atom. The SMILES string of the molecule is C[C@@H](O)c1cnc2c(N[C@@H]3CCc4[nH]c5ccccc5c4C3)nc(-c3cncc(F)c3)nn12. The zero-order valence-corrected chi connectivity index (χ0v) is 18.0. The topological polar surface area (TPSA) is 104 Å². The molecule has 0 amide bonds. The van der Waals surface area contributed by atoms with E-state index in [9.17, 15) is 9.50 Å². The molecule has 0 unspecified atom stereocenters. The number of rotatable bonds is 4. The first-order valence-corrected chi connectivity index (χ1v) is 11.0. The molecule has 3 N–H and O–H groups in total. The molecule has 5 aromatic rings. The van der Waals surface area contributed by atoms with Crippen LogP contribution >= 0.6 is 0 Å². The van der Waals surface area contributed by atoms with Crippen molar-refractivity contribution in [3.63, 3.8) is 0 Å². The molecule has 1 aliphatic carbocycles. The number of halogens is 1. The second-order valence-electron chi connectivity index (χ2n) is 8.48. The molecule has 0 saturated carbocycles. The first kappa shape index (κ1) is 19.8. The summed E-state index contributed by atoms with van der Waals surface area (Å²) < 4.78 is 15.4. The fourth-order valence-corrected chi connectivity index (χ4v) is 4.62. The van der Waals surface area contributed by atoms with Crippen LogP contribution in [-0.4, -0.2) is 40.7 Å². The number of aromatic amines is 1. The fourth-order valence-electron chi connectivity index (χ4n) is 4.62. The van der Waals surface area contributed by atoms with Crippen LogP contribution in [0.25, 0.3) is 27.9 Å². The lowest BCUT2D eigenvalue weighted by atomic mass is 9.91. The van der Waals surface area contributed by atoms with Crippen LogP contribution in [0.4, 0.5) is 10.2 Å². The van der Waals surface area contributed by atoms with Crippen molar-refractivity contribution in [2.45, 2.75) is 38.3 Å². The molecule has 0 radical (unpaired) electrons. The summed E-state index contributed by atoms with van der Waals surface area (Å²) in [6.07, 6.45) is 6.17. The number of aryl methyl sites for hydroxylation is 1. The van der Waals surface area contributed by atoms with Crippen LogP contribution in [0.15, 0.2) is 48.9 Å². The number of H-pyrrole nitrogens is 1. The largest absolute Gasteiger partial charge is 0.387 e. The molecule has 0 aliphatic heterocycles. The van der Waals surface area contributed by atoms with Gasteiger partial charge in [0.2, 0.25) is 0 Å². The number of anilines is 1. The maximum atomic E-state index is 13.8. The van der Waals surface area contributed by atoms with Crippen LogP contribution in [-0.2, 0) is 12.8 Å². The summed E-state index contributed by atoms with van der Waals surface area (Å²) in [4.78, 5) is 16.6. The molecule has 8 nitrogen and oxygen atoms in total. The standard InChI is InChI=1S/C24H22FN7O/c1-13(33)21-12-27-24-23(30-22(31-32(21)24)14-8-15(25)11-26-10-14)28-16-6-7-20-18(9-16)17-4-2-3-5-19(17)29-20/h2-5,8,10-13,16,29,33H,6-7,9H2,1H3,(H,28,30,31)/t13-,16-/m1/s1. The molecule has 33 heavy (non-hydrogen) atoms. The van der Waals surface area contributed by atoms with Crippen molar-refractivity contribution in [2.24, 2.45) is 0 Å². The number of nitrogens with one attached hydrogen (secondary N) is 2. The molecule has 0 spiro atoms. The van der Waals surface area contributed by atoms with Crippen molar-refractivity contribution < 1.29 is 9.50 Å². The molecule has 6 rings (SSSR count). The Kier molecular flexibility index (Phi) is 4.58. The van der Waals surface area contributed by atoms with E-state index in [1.165, 1.54) is 28.9 Å². The highest BCUT2D eigenvalue weighted by molar-refractivity contribution is 5.85. The number of hydrogen-bond acceptors (Lipinski definition) is 6. The second kappa shape index (κ2) is 7.63. The van der Waals surface area contributed by atoms with Gasteiger partial charge in [0.15, 0.2) is 17.3 Å². The lowest BCUT2D eigenvalue weighted by Crippen LogP contribution is -2.28. The van der Waals surface area contributed by atoms with Crippen molar-refractivity contribution in [2.75, 3.05) is 5.32 Å². The Morgan fingerprint density at radius 3 is 2.97 bits per heavy atom. The van der Waals surface area contributed by atoms with E-state index >= 15 is 0 Å². The maximum Gasteiger partial charge on any atom is 0.197 e. The Bertz CT molecular complexity index is 1490. The van der Waals surface area contributed by atoms with E-state index in [0.29, 0.717) is 28.5 Å². The number of aliphatic hydroxyl groups excluding tert-OH is 1. The molecule has 166 valence electrons. The van der Waals surface area contributed by atoms with Crippen LogP contribution in [0.2, 0.25) is 0 Å². The van der Waals surface area contributed by atoms with Gasteiger partial charge in [0.25, 0.3) is 0 Å². The lowest BCUT2D eigenvalue weighted by Gasteiger charge is -2.24. The Labute approximate surface area is 188 Å². The predicted octanol–water partition coefficient (Wildman–Crippen LogP) is 3.83. The van der Waals surface area contributed by atoms with Gasteiger partial charge in [-0.2, -0.15) is 0 Å². The molecule has 4 aromatic heterocycles. The number of hydrogen-bond donors (Lipinski definition) is 3. The highest BCUT2D eigenvalue weighted by Gasteiger charge is 2.25. The number of nitrogens with zero attached hydrogens (tertiary/aromatic N) is 5. The van der Waals surface area contributed by atoms with E-state index in [0.717, 1.165) is 31.0 Å². The Hall–Kier alpha value is -3.85. The van der Waals surface area contributed by atoms with Gasteiger partial charge in [0.1, 0.15) is 5.82 Å². The van der Waals surface area contributed by atoms with Gasteiger partial charge in [-0.25, -0.2) is 18.9 Å². The molecule has 4 heterocycles. The summed E-state index contributed by atoms with van der Waals surface area (Å²) in [5, 5.41) is 19.5. The first-order chi connectivity index (χ1) is 16.1. The van der Waals surface area contributed by atoms with Crippen LogP contribution in [0, 0.1) is 5.82 Å². The normalized spacial score (nSPS) is 16.8. The summed E-state index contributed by atoms with van der Waals surface area (Å²) in [6, 6.07) is 9.83. The van der Waals surface area contributed by atoms with Crippen molar-refractivity contribution in [3.8, 4) is 11.4 Å². The molecule has 2 atom stereocenters. The minimum atomic E-state index is -0.773. The van der Waals surface area contributed by atoms with Gasteiger partial charge in [-0.3, -0.25) is 4.98 Å². The van der Waals surface area contributed by atoms with Gasteiger partial charge in [0, 0.05) is 34.4 Å². The van der Waals surface area contributed by atoms with Crippen LogP contribution in [0.3, 0.4) is 0 Å². The third kappa shape index (κ3) is 3.41. The van der Waals surface area contributed by atoms with Crippen LogP contribution in [0.1, 0.15) is 36.4 Å². The van der Waals surface area contributed by atoms with Gasteiger partial charge in [-0.15, -0.1) is 5.10 Å². The van der Waals surface area contributed by atoms with Crippen LogP contribution in [0.5, 0.6) is 0 Å². The number of para-hydroxylation sites is 1. The number of fused-ring (bicyclic) bond motifs is 4. The van der Waals surface area contributed by atoms with Crippen molar-refractivity contribution >= 4 is 22.4 Å². The van der Waals surface area contributed by atoms with Crippen LogP contribution < -0.4 is 5.32 Å². The number of aromatic nitrogens is 6. The summed E-state index contributed by atoms with van der Waals surface area (Å²) in [7, 11) is 0. The highest BCUT2D eigenvalue weighted by Crippen LogP contribution is 2.31. The predicted molar refractivity (Wildman–Crippen MR) is 122 cm³/mol. The molecule has 1 aliphatic rings. The minimum Gasteiger partial charge on any atom is -0.387 e. The summed E-state index contributed by atoms with van der Waals surface area (Å²) >= 11 is 0. The van der Waals surface area contributed by atoms with Crippen molar-refractivity contribution in [1.82, 2.24) is 29.5 Å². The van der Waals surface area contributed by atoms with Gasteiger partial charge in [0.05, 0.1) is 24.2 Å². The third-order valence-corrected chi connectivity index (χ3v) is 6.22. The van der Waals surface area contributed by atoms with Gasteiger partial charge < -0.3 is 15.4 Å². The molecule has 9 heteroatoms. The highest BCUT2D eigenvalue weighted by atomic mass is 19.1. The molecular weight excluding hydrogens is 421 g/mol. The van der Waals surface area contributed by atoms with E-state index in [4.69, 9.17) is 0 Å². The number of benzene rings is 1. The third-order valence-electron chi connectivity index (χ3n) is 6.22. The summed E-state index contributed by atoms with van der Waals surface area (Å²) in [6.45, 7) is 1.65. The molecule has 0 bridgehead atoms. The zero-order chi connectivity index (χ0) is 22.5. The number of aliphatic hydroxyl groups is 1. The number of imidazole rings is 1. The molecular formula is C24H22FN7O. The summed E-state index contributed by atoms with van der Waals surface area (Å²) in [5.41, 5.74) is 5.26. The molecule has 1 aromatic carbocycles. The average molecular weight is 443 g/mol. The minimum absolute atomic E-state index is 0.139. The monoisotopic (exact) mass is 443 g/mol. The Morgan fingerprint density at radius 1 is 1.24 bits per heavy atom. The van der Waals surface area contributed by atoms with Gasteiger partial charge in [-0.05, 0) is 43.9 Å². The average Bonchev–Trinajstić information content (AvgIpc) is 3.41. The van der Waals surface area contributed by atoms with E-state index in [2.05, 4.69) is 48.6 Å². The van der Waals surface area contributed by atoms with E-state index < -0.39 is 11.9 Å². The Balaban J connectivity index is 1.41. The smallest absolute Gasteiger partial charge is 0.197 e.